The van der Waals surface area contributed by atoms with E-state index in [9.17, 15) is 22.1 Å². The van der Waals surface area contributed by atoms with E-state index in [1.165, 1.54) is 0 Å². The van der Waals surface area contributed by atoms with E-state index in [4.69, 9.17) is 25.7 Å². The number of H-pyrrole nitrogens is 1. The highest BCUT2D eigenvalue weighted by atomic mass is 35.5. The van der Waals surface area contributed by atoms with Crippen LogP contribution >= 0.6 is 11.6 Å². The van der Waals surface area contributed by atoms with Gasteiger partial charge in [0.15, 0.2) is 12.4 Å². The molecule has 2 heterocycles. The number of aromatic amines is 1. The zero-order valence-corrected chi connectivity index (χ0v) is 20.2. The van der Waals surface area contributed by atoms with Crippen molar-refractivity contribution in [1.82, 2.24) is 0 Å². The second-order valence-corrected chi connectivity index (χ2v) is 8.22. The molecular weight excluding hydrogens is 523 g/mol. The Morgan fingerprint density at radius 1 is 0.868 bits per heavy atom. The Kier molecular flexibility index (Phi) is 8.23. The van der Waals surface area contributed by atoms with Crippen LogP contribution in [0.2, 0.25) is 5.02 Å². The van der Waals surface area contributed by atoms with E-state index < -0.39 is 13.2 Å². The topological polar surface area (TPSA) is 65.9 Å². The van der Waals surface area contributed by atoms with Crippen LogP contribution in [0.5, 0.6) is 5.75 Å². The lowest BCUT2D eigenvalue weighted by atomic mass is 10.1. The fourth-order valence-corrected chi connectivity index (χ4v) is 3.57. The summed E-state index contributed by atoms with van der Waals surface area (Å²) < 4.78 is 50.5. The maximum atomic E-state index is 12.3. The zero-order chi connectivity index (χ0) is 27.1. The highest BCUT2D eigenvalue weighted by molar-refractivity contribution is 6.50. The van der Waals surface area contributed by atoms with Crippen LogP contribution in [0.3, 0.4) is 0 Å². The summed E-state index contributed by atoms with van der Waals surface area (Å²) in [4.78, 5) is 19.9. The lowest BCUT2D eigenvalue weighted by Gasteiger charge is -2.06. The molecule has 0 bridgehead atoms. The predicted octanol–water partition coefficient (Wildman–Crippen LogP) is 7.32. The normalized spacial score (nSPS) is 11.6. The molecule has 1 N–H and O–H groups in total. The molecule has 11 heteroatoms. The van der Waals surface area contributed by atoms with Gasteiger partial charge < -0.3 is 26.4 Å². The number of hydrogen-bond donors (Lipinski definition) is 0. The largest absolute Gasteiger partial charge is 0.673 e. The standard InChI is InChI=1S/C27H17ClN2O3.BF4/c28-20-6-11-25-23(16-20)24(17-26(33-25)18-4-2-1-3-5-18)30-21-7-9-22(10-8-21)32-27(31)19-12-14-29-15-13-19;2-1(3,4)5/h1-17H;/q;-1/p+1. The van der Waals surface area contributed by atoms with Crippen LogP contribution in [0.25, 0.3) is 22.3 Å². The summed E-state index contributed by atoms with van der Waals surface area (Å²) in [5, 5.41) is 2.13. The molecule has 38 heavy (non-hydrogen) atoms. The molecule has 3 aromatic carbocycles. The third-order valence-electron chi connectivity index (χ3n) is 5.01. The van der Waals surface area contributed by atoms with Crippen molar-refractivity contribution in [1.29, 1.82) is 0 Å². The molecule has 0 unspecified atom stereocenters. The van der Waals surface area contributed by atoms with Gasteiger partial charge in [-0.25, -0.2) is 14.8 Å². The van der Waals surface area contributed by atoms with Gasteiger partial charge >= 0.3 is 13.2 Å². The number of hydrogen-bond acceptors (Lipinski definition) is 4. The minimum atomic E-state index is -6.00. The molecule has 0 fully saturated rings. The summed E-state index contributed by atoms with van der Waals surface area (Å²) in [7, 11) is -6.00. The molecule has 2 aromatic heterocycles. The monoisotopic (exact) mass is 540 g/mol. The van der Waals surface area contributed by atoms with E-state index in [0.29, 0.717) is 33.4 Å². The minimum absolute atomic E-state index is 0.425. The van der Waals surface area contributed by atoms with Crippen LogP contribution in [0.4, 0.5) is 23.0 Å². The van der Waals surface area contributed by atoms with Gasteiger partial charge in [-0.15, -0.1) is 0 Å². The van der Waals surface area contributed by atoms with Gasteiger partial charge in [-0.3, -0.25) is 0 Å². The first-order valence-corrected chi connectivity index (χ1v) is 11.5. The number of carbonyl (C=O) groups is 1. The van der Waals surface area contributed by atoms with E-state index in [2.05, 4.69) is 4.98 Å². The lowest BCUT2D eigenvalue weighted by Crippen LogP contribution is -2.10. The van der Waals surface area contributed by atoms with E-state index >= 15 is 0 Å². The molecule has 0 aliphatic heterocycles. The van der Waals surface area contributed by atoms with Crippen molar-refractivity contribution in [3.8, 4) is 17.1 Å². The molecule has 0 radical (unpaired) electrons. The average molecular weight is 541 g/mol. The Bertz CT molecular complexity index is 1610. The summed E-state index contributed by atoms with van der Waals surface area (Å²) in [6.07, 6.45) is 3.34. The van der Waals surface area contributed by atoms with Crippen molar-refractivity contribution in [2.75, 3.05) is 0 Å². The van der Waals surface area contributed by atoms with E-state index in [-0.39, 0.29) is 0 Å². The Morgan fingerprint density at radius 2 is 1.53 bits per heavy atom. The van der Waals surface area contributed by atoms with Gasteiger partial charge in [0.2, 0.25) is 0 Å². The molecule has 0 aliphatic carbocycles. The molecule has 0 spiro atoms. The van der Waals surface area contributed by atoms with Gasteiger partial charge in [-0.2, -0.15) is 0 Å². The summed E-state index contributed by atoms with van der Waals surface area (Å²) in [5.74, 6) is 0.717. The van der Waals surface area contributed by atoms with Crippen molar-refractivity contribution >= 4 is 41.5 Å². The van der Waals surface area contributed by atoms with Gasteiger partial charge in [0.25, 0.3) is 0 Å². The summed E-state index contributed by atoms with van der Waals surface area (Å²) in [6.45, 7) is 0. The summed E-state index contributed by atoms with van der Waals surface area (Å²) >= 11 is 6.24. The summed E-state index contributed by atoms with van der Waals surface area (Å²) in [5.41, 5.74) is 2.81. The van der Waals surface area contributed by atoms with Crippen molar-refractivity contribution in [3.05, 3.63) is 119 Å². The predicted molar refractivity (Wildman–Crippen MR) is 136 cm³/mol. The first kappa shape index (κ1) is 26.6. The van der Waals surface area contributed by atoms with Gasteiger partial charge in [-0.05, 0) is 42.5 Å². The van der Waals surface area contributed by atoms with Gasteiger partial charge in [0.1, 0.15) is 17.1 Å². The van der Waals surface area contributed by atoms with Crippen LogP contribution in [0.1, 0.15) is 10.4 Å². The van der Waals surface area contributed by atoms with Crippen LogP contribution in [-0.2, 0) is 0 Å². The molecule has 0 saturated heterocycles. The minimum Gasteiger partial charge on any atom is -0.456 e. The van der Waals surface area contributed by atoms with Crippen LogP contribution < -0.4 is 15.1 Å². The van der Waals surface area contributed by atoms with Crippen molar-refractivity contribution in [2.24, 2.45) is 4.99 Å². The number of fused-ring (bicyclic) bond motifs is 1. The van der Waals surface area contributed by atoms with Gasteiger partial charge in [0.05, 0.1) is 16.6 Å². The molecule has 0 saturated carbocycles. The third kappa shape index (κ3) is 7.53. The Balaban J connectivity index is 0.000000617. The third-order valence-corrected chi connectivity index (χ3v) is 5.25. The quantitative estimate of drug-likeness (QED) is 0.104. The molecule has 0 atom stereocenters. The number of nitrogens with zero attached hydrogens (tertiary/aromatic N) is 1. The Labute approximate surface area is 219 Å². The zero-order valence-electron chi connectivity index (χ0n) is 19.5. The Hall–Kier alpha value is -4.44. The number of halogens is 5. The van der Waals surface area contributed by atoms with Gasteiger partial charge in [0, 0.05) is 34.2 Å². The molecule has 5 aromatic rings. The number of esters is 1. The highest BCUT2D eigenvalue weighted by Crippen LogP contribution is 2.25. The smallest absolute Gasteiger partial charge is 0.456 e. The number of aromatic nitrogens is 1. The first-order chi connectivity index (χ1) is 18.2. The highest BCUT2D eigenvalue weighted by Gasteiger charge is 2.20. The second-order valence-electron chi connectivity index (χ2n) is 7.78. The number of rotatable bonds is 4. The summed E-state index contributed by atoms with van der Waals surface area (Å²) in [6, 6.07) is 27.6. The molecule has 5 rings (SSSR count). The maximum Gasteiger partial charge on any atom is 0.673 e. The number of pyridine rings is 1. The number of benzene rings is 3. The molecule has 0 amide bonds. The van der Waals surface area contributed by atoms with E-state index in [1.54, 1.807) is 54.9 Å². The van der Waals surface area contributed by atoms with Crippen LogP contribution in [0.15, 0.2) is 113 Å². The van der Waals surface area contributed by atoms with Gasteiger partial charge in [-0.1, -0.05) is 41.9 Å². The number of ether oxygens (including phenoxy) is 1. The van der Waals surface area contributed by atoms with Crippen molar-refractivity contribution in [3.63, 3.8) is 0 Å². The average Bonchev–Trinajstić information content (AvgIpc) is 2.90. The van der Waals surface area contributed by atoms with Crippen molar-refractivity contribution < 1.29 is 36.2 Å². The fraction of sp³-hybridized carbons (Fsp3) is 0. The van der Waals surface area contributed by atoms with Crippen molar-refractivity contribution in [2.45, 2.75) is 0 Å². The molecule has 0 aliphatic rings. The molecular formula is C27H18BClF4N2O3. The molecule has 192 valence electrons. The van der Waals surface area contributed by atoms with Crippen LogP contribution in [0, 0.1) is 0 Å². The Morgan fingerprint density at radius 3 is 2.18 bits per heavy atom. The SMILES string of the molecule is F[B-](F)(F)F.O=C(Oc1ccc(N=c2cc(-c3ccccc3)oc3ccc(Cl)cc23)cc1)c1cc[nH+]cc1. The second kappa shape index (κ2) is 11.7. The first-order valence-electron chi connectivity index (χ1n) is 11.1. The van der Waals surface area contributed by atoms with Crippen LogP contribution in [-0.4, -0.2) is 13.2 Å². The number of nitrogens with one attached hydrogen (secondary N) is 1. The molecule has 5 nitrogen and oxygen atoms in total. The van der Waals surface area contributed by atoms with E-state index in [0.717, 1.165) is 16.3 Å². The number of carbonyl (C=O) groups excluding carboxylic acids is 1. The lowest BCUT2D eigenvalue weighted by molar-refractivity contribution is -0.378. The maximum absolute atomic E-state index is 12.3. The fourth-order valence-electron chi connectivity index (χ4n) is 3.40. The van der Waals surface area contributed by atoms with E-state index in [1.807, 2.05) is 48.5 Å².